The van der Waals surface area contributed by atoms with Gasteiger partial charge in [0.2, 0.25) is 0 Å². The summed E-state index contributed by atoms with van der Waals surface area (Å²) in [5.74, 6) is -1.14. The van der Waals surface area contributed by atoms with Crippen molar-refractivity contribution in [1.82, 2.24) is 4.72 Å². The molecule has 0 spiro atoms. The molecule has 1 aromatic rings. The smallest absolute Gasteiger partial charge is 0.359 e. The van der Waals surface area contributed by atoms with Crippen molar-refractivity contribution >= 4 is 21.8 Å². The van der Waals surface area contributed by atoms with E-state index < -0.39 is 27.4 Å². The molecule has 0 atom stereocenters. The molecule has 0 fully saturated rings. The van der Waals surface area contributed by atoms with Crippen LogP contribution < -0.4 is 9.46 Å². The van der Waals surface area contributed by atoms with Crippen molar-refractivity contribution in [2.75, 3.05) is 14.2 Å². The molecule has 1 aliphatic heterocycles. The topological polar surface area (TPSA) is 102 Å². The average molecular weight is 285 g/mol. The van der Waals surface area contributed by atoms with Gasteiger partial charge in [0.05, 0.1) is 14.2 Å². The SMILES string of the molecule is COC(=O)C1=C(O)c2ccc(OC)cc2S(=O)(=O)N1. The van der Waals surface area contributed by atoms with Crippen LogP contribution in [0.2, 0.25) is 0 Å². The second-order valence-electron chi connectivity index (χ2n) is 3.68. The Hall–Kier alpha value is -2.22. The monoisotopic (exact) mass is 285 g/mol. The van der Waals surface area contributed by atoms with Crippen molar-refractivity contribution in [3.05, 3.63) is 29.5 Å². The number of rotatable bonds is 2. The molecule has 1 aromatic carbocycles. The number of methoxy groups -OCH3 is 2. The van der Waals surface area contributed by atoms with E-state index in [1.165, 1.54) is 25.3 Å². The van der Waals surface area contributed by atoms with Gasteiger partial charge in [-0.2, -0.15) is 0 Å². The van der Waals surface area contributed by atoms with E-state index in [1.54, 1.807) is 0 Å². The lowest BCUT2D eigenvalue weighted by molar-refractivity contribution is -0.136. The van der Waals surface area contributed by atoms with E-state index in [4.69, 9.17) is 4.74 Å². The molecule has 0 bridgehead atoms. The molecule has 19 heavy (non-hydrogen) atoms. The molecule has 2 rings (SSSR count). The van der Waals surface area contributed by atoms with Crippen LogP contribution in [0, 0.1) is 0 Å². The fourth-order valence-electron chi connectivity index (χ4n) is 1.66. The van der Waals surface area contributed by atoms with Crippen LogP contribution in [-0.2, 0) is 19.6 Å². The molecule has 0 unspecified atom stereocenters. The Labute approximate surface area is 109 Å². The fraction of sp³-hybridized carbons (Fsp3) is 0.182. The van der Waals surface area contributed by atoms with Crippen LogP contribution in [0.4, 0.5) is 0 Å². The molecular weight excluding hydrogens is 274 g/mol. The number of nitrogens with one attached hydrogen (secondary N) is 1. The second kappa shape index (κ2) is 4.47. The summed E-state index contributed by atoms with van der Waals surface area (Å²) in [7, 11) is -1.49. The van der Waals surface area contributed by atoms with Gasteiger partial charge in [-0.15, -0.1) is 0 Å². The first-order valence-electron chi connectivity index (χ1n) is 5.13. The predicted molar refractivity (Wildman–Crippen MR) is 64.9 cm³/mol. The highest BCUT2D eigenvalue weighted by molar-refractivity contribution is 7.89. The number of hydrogen-bond donors (Lipinski definition) is 2. The number of aliphatic hydroxyl groups excluding tert-OH is 1. The summed E-state index contributed by atoms with van der Waals surface area (Å²) in [6.45, 7) is 0. The summed E-state index contributed by atoms with van der Waals surface area (Å²) in [5, 5.41) is 9.93. The number of aliphatic hydroxyl groups is 1. The third-order valence-electron chi connectivity index (χ3n) is 2.60. The summed E-state index contributed by atoms with van der Waals surface area (Å²) in [6, 6.07) is 4.08. The largest absolute Gasteiger partial charge is 0.505 e. The number of carbonyl (C=O) groups is 1. The van der Waals surface area contributed by atoms with E-state index in [1.807, 2.05) is 4.72 Å². The van der Waals surface area contributed by atoms with Crippen molar-refractivity contribution in [2.24, 2.45) is 0 Å². The van der Waals surface area contributed by atoms with Gasteiger partial charge in [0.1, 0.15) is 10.6 Å². The van der Waals surface area contributed by atoms with Crippen LogP contribution in [0.1, 0.15) is 5.56 Å². The molecule has 0 aliphatic carbocycles. The normalized spacial score (nSPS) is 16.3. The molecule has 102 valence electrons. The van der Waals surface area contributed by atoms with Crippen molar-refractivity contribution in [3.8, 4) is 5.75 Å². The Morgan fingerprint density at radius 2 is 2.00 bits per heavy atom. The van der Waals surface area contributed by atoms with Crippen LogP contribution in [0.3, 0.4) is 0 Å². The summed E-state index contributed by atoms with van der Waals surface area (Å²) in [4.78, 5) is 11.2. The van der Waals surface area contributed by atoms with Crippen molar-refractivity contribution < 1.29 is 27.8 Å². The van der Waals surface area contributed by atoms with Crippen molar-refractivity contribution in [1.29, 1.82) is 0 Å². The van der Waals surface area contributed by atoms with E-state index in [9.17, 15) is 18.3 Å². The number of sulfonamides is 1. The molecule has 0 saturated heterocycles. The zero-order valence-corrected chi connectivity index (χ0v) is 10.9. The zero-order chi connectivity index (χ0) is 14.2. The first-order chi connectivity index (χ1) is 8.90. The molecule has 7 nitrogen and oxygen atoms in total. The molecule has 1 heterocycles. The van der Waals surface area contributed by atoms with Gasteiger partial charge in [-0.25, -0.2) is 13.2 Å². The van der Waals surface area contributed by atoms with E-state index in [2.05, 4.69) is 4.74 Å². The fourth-order valence-corrected chi connectivity index (χ4v) is 2.94. The number of carbonyl (C=O) groups excluding carboxylic acids is 1. The van der Waals surface area contributed by atoms with Gasteiger partial charge in [0, 0.05) is 11.6 Å². The summed E-state index contributed by atoms with van der Waals surface area (Å²) in [5.41, 5.74) is -0.500. The highest BCUT2D eigenvalue weighted by Gasteiger charge is 2.33. The van der Waals surface area contributed by atoms with Crippen molar-refractivity contribution in [3.63, 3.8) is 0 Å². The molecule has 0 amide bonds. The predicted octanol–water partition coefficient (Wildman–Crippen LogP) is 0.387. The Balaban J connectivity index is 2.71. The van der Waals surface area contributed by atoms with Crippen LogP contribution in [-0.4, -0.2) is 33.7 Å². The quantitative estimate of drug-likeness (QED) is 0.762. The number of esters is 1. The molecule has 2 N–H and O–H groups in total. The third kappa shape index (κ3) is 2.10. The molecule has 0 aromatic heterocycles. The minimum atomic E-state index is -3.96. The standard InChI is InChI=1S/C11H11NO6S/c1-17-6-3-4-7-8(5-6)19(15,16)12-9(10(7)13)11(14)18-2/h3-5,12-13H,1-2H3. The summed E-state index contributed by atoms with van der Waals surface area (Å²) >= 11 is 0. The second-order valence-corrected chi connectivity index (χ2v) is 5.33. The zero-order valence-electron chi connectivity index (χ0n) is 10.1. The van der Waals surface area contributed by atoms with Gasteiger partial charge in [0.25, 0.3) is 10.0 Å². The molecule has 1 aliphatic rings. The minimum absolute atomic E-state index is 0.0138. The van der Waals surface area contributed by atoms with Gasteiger partial charge in [-0.05, 0) is 12.1 Å². The lowest BCUT2D eigenvalue weighted by Gasteiger charge is -2.20. The van der Waals surface area contributed by atoms with Crippen molar-refractivity contribution in [2.45, 2.75) is 4.90 Å². The van der Waals surface area contributed by atoms with Gasteiger partial charge >= 0.3 is 5.97 Å². The Morgan fingerprint density at radius 1 is 1.32 bits per heavy atom. The third-order valence-corrected chi connectivity index (χ3v) is 3.99. The lowest BCUT2D eigenvalue weighted by Crippen LogP contribution is -2.33. The van der Waals surface area contributed by atoms with E-state index in [0.29, 0.717) is 5.75 Å². The van der Waals surface area contributed by atoms with E-state index >= 15 is 0 Å². The number of benzene rings is 1. The highest BCUT2D eigenvalue weighted by Crippen LogP contribution is 2.32. The Morgan fingerprint density at radius 3 is 2.58 bits per heavy atom. The van der Waals surface area contributed by atoms with Gasteiger partial charge in [-0.3, -0.25) is 4.72 Å². The molecule has 0 radical (unpaired) electrons. The van der Waals surface area contributed by atoms with Crippen LogP contribution in [0.15, 0.2) is 28.8 Å². The van der Waals surface area contributed by atoms with Gasteiger partial charge in [-0.1, -0.05) is 0 Å². The Kier molecular flexibility index (Phi) is 3.11. The van der Waals surface area contributed by atoms with Crippen LogP contribution in [0.25, 0.3) is 5.76 Å². The molecule has 8 heteroatoms. The first-order valence-corrected chi connectivity index (χ1v) is 6.62. The number of ether oxygens (including phenoxy) is 2. The summed E-state index contributed by atoms with van der Waals surface area (Å²) in [6.07, 6.45) is 0. The maximum Gasteiger partial charge on any atom is 0.359 e. The molecular formula is C11H11NO6S. The van der Waals surface area contributed by atoms with Gasteiger partial charge < -0.3 is 14.6 Å². The van der Waals surface area contributed by atoms with Crippen LogP contribution in [0.5, 0.6) is 5.75 Å². The Bertz CT molecular complexity index is 676. The first kappa shape index (κ1) is 13.2. The average Bonchev–Trinajstić information content (AvgIpc) is 2.41. The minimum Gasteiger partial charge on any atom is -0.505 e. The van der Waals surface area contributed by atoms with E-state index in [-0.39, 0.29) is 10.5 Å². The number of fused-ring (bicyclic) bond motifs is 1. The summed E-state index contributed by atoms with van der Waals surface area (Å²) < 4.78 is 35.3. The molecule has 0 saturated carbocycles. The van der Waals surface area contributed by atoms with Gasteiger partial charge in [0.15, 0.2) is 11.5 Å². The maximum atomic E-state index is 12.0. The van der Waals surface area contributed by atoms with E-state index in [0.717, 1.165) is 7.11 Å². The highest BCUT2D eigenvalue weighted by atomic mass is 32.2. The lowest BCUT2D eigenvalue weighted by atomic mass is 10.1. The number of hydrogen-bond acceptors (Lipinski definition) is 6. The van der Waals surface area contributed by atoms with Crippen LogP contribution >= 0.6 is 0 Å². The maximum absolute atomic E-state index is 12.0.